The first kappa shape index (κ1) is 20.9. The molecule has 6 nitrogen and oxygen atoms in total. The number of rotatable bonds is 7. The van der Waals surface area contributed by atoms with Crippen molar-refractivity contribution < 1.29 is 24.2 Å². The first-order valence-electron chi connectivity index (χ1n) is 9.15. The van der Waals surface area contributed by atoms with Crippen molar-refractivity contribution in [1.29, 1.82) is 0 Å². The normalized spacial score (nSPS) is 18.3. The minimum atomic E-state index is -0.712. The Morgan fingerprint density at radius 3 is 2.31 bits per heavy atom. The van der Waals surface area contributed by atoms with E-state index in [1.807, 2.05) is 0 Å². The summed E-state index contributed by atoms with van der Waals surface area (Å²) >= 11 is 6.00. The van der Waals surface area contributed by atoms with Gasteiger partial charge in [-0.3, -0.25) is 9.59 Å². The van der Waals surface area contributed by atoms with Crippen molar-refractivity contribution in [3.05, 3.63) is 70.3 Å². The van der Waals surface area contributed by atoms with Crippen LogP contribution in [0.5, 0.6) is 5.75 Å². The number of halogens is 1. The van der Waals surface area contributed by atoms with E-state index in [1.54, 1.807) is 62.8 Å². The summed E-state index contributed by atoms with van der Waals surface area (Å²) in [4.78, 5) is 27.1. The van der Waals surface area contributed by atoms with E-state index in [2.05, 4.69) is 0 Å². The van der Waals surface area contributed by atoms with Crippen molar-refractivity contribution >= 4 is 29.1 Å². The zero-order valence-electron chi connectivity index (χ0n) is 16.2. The summed E-state index contributed by atoms with van der Waals surface area (Å²) in [6.07, 6.45) is 0.566. The fraction of sp³-hybridized carbons (Fsp3) is 0.273. The fourth-order valence-corrected chi connectivity index (χ4v) is 3.51. The van der Waals surface area contributed by atoms with Crippen molar-refractivity contribution in [2.75, 3.05) is 27.4 Å². The van der Waals surface area contributed by atoms with Gasteiger partial charge in [0.1, 0.15) is 11.5 Å². The van der Waals surface area contributed by atoms with Gasteiger partial charge in [0.15, 0.2) is 0 Å². The summed E-state index contributed by atoms with van der Waals surface area (Å²) in [6.45, 7) is 0.778. The quantitative estimate of drug-likeness (QED) is 0.322. The van der Waals surface area contributed by atoms with Gasteiger partial charge in [-0.1, -0.05) is 23.7 Å². The Balaban J connectivity index is 2.09. The number of likely N-dealkylation sites (tertiary alicyclic amines) is 1. The molecule has 0 unspecified atom stereocenters. The Hall–Kier alpha value is -2.83. The van der Waals surface area contributed by atoms with Gasteiger partial charge in [-0.25, -0.2) is 0 Å². The smallest absolute Gasteiger partial charge is 0.295 e. The van der Waals surface area contributed by atoms with E-state index in [9.17, 15) is 14.7 Å². The Kier molecular flexibility index (Phi) is 6.56. The van der Waals surface area contributed by atoms with Crippen molar-refractivity contribution in [3.8, 4) is 5.75 Å². The maximum atomic E-state index is 12.8. The number of hydrogen-bond donors (Lipinski definition) is 1. The summed E-state index contributed by atoms with van der Waals surface area (Å²) in [5.74, 6) is -0.956. The van der Waals surface area contributed by atoms with Crippen molar-refractivity contribution in [2.45, 2.75) is 12.5 Å². The average molecular weight is 416 g/mol. The van der Waals surface area contributed by atoms with Crippen LogP contribution in [0.3, 0.4) is 0 Å². The van der Waals surface area contributed by atoms with Gasteiger partial charge in [0.2, 0.25) is 0 Å². The minimum Gasteiger partial charge on any atom is -0.507 e. The molecule has 1 amide bonds. The van der Waals surface area contributed by atoms with E-state index in [0.29, 0.717) is 41.5 Å². The van der Waals surface area contributed by atoms with E-state index < -0.39 is 17.7 Å². The molecule has 7 heteroatoms. The number of hydrogen-bond acceptors (Lipinski definition) is 5. The fourth-order valence-electron chi connectivity index (χ4n) is 3.39. The number of aliphatic hydroxyl groups is 1. The number of ketones is 1. The van der Waals surface area contributed by atoms with E-state index in [0.717, 1.165) is 0 Å². The van der Waals surface area contributed by atoms with Gasteiger partial charge >= 0.3 is 0 Å². The zero-order valence-corrected chi connectivity index (χ0v) is 17.0. The highest BCUT2D eigenvalue weighted by Gasteiger charge is 2.45. The molecule has 1 N–H and O–H groups in total. The third kappa shape index (κ3) is 4.28. The molecule has 2 aromatic rings. The number of Topliss-reactive ketones (excluding diaryl/α,β-unsaturated/α-hetero) is 1. The van der Waals surface area contributed by atoms with Gasteiger partial charge < -0.3 is 19.5 Å². The monoisotopic (exact) mass is 415 g/mol. The second kappa shape index (κ2) is 9.11. The summed E-state index contributed by atoms with van der Waals surface area (Å²) in [5.41, 5.74) is 1.18. The lowest BCUT2D eigenvalue weighted by molar-refractivity contribution is -0.140. The summed E-state index contributed by atoms with van der Waals surface area (Å²) in [6, 6.07) is 12.8. The second-order valence-corrected chi connectivity index (χ2v) is 7.06. The number of amides is 1. The third-order valence-corrected chi connectivity index (χ3v) is 5.09. The molecule has 1 aliphatic heterocycles. The van der Waals surface area contributed by atoms with Crippen LogP contribution in [0, 0.1) is 0 Å². The molecule has 0 saturated carbocycles. The maximum absolute atomic E-state index is 12.8. The molecule has 0 bridgehead atoms. The Bertz CT molecular complexity index is 921. The van der Waals surface area contributed by atoms with E-state index in [1.165, 1.54) is 4.90 Å². The highest BCUT2D eigenvalue weighted by Crippen LogP contribution is 2.39. The highest BCUT2D eigenvalue weighted by molar-refractivity contribution is 6.46. The van der Waals surface area contributed by atoms with Crippen LogP contribution in [0.25, 0.3) is 5.76 Å². The van der Waals surface area contributed by atoms with E-state index >= 15 is 0 Å². The average Bonchev–Trinajstić information content (AvgIpc) is 2.99. The molecule has 1 fully saturated rings. The minimum absolute atomic E-state index is 0.0555. The van der Waals surface area contributed by atoms with Crippen LogP contribution in [0.4, 0.5) is 0 Å². The lowest BCUT2D eigenvalue weighted by atomic mass is 9.95. The van der Waals surface area contributed by atoms with Crippen LogP contribution in [0.1, 0.15) is 23.6 Å². The number of carbonyl (C=O) groups is 2. The molecule has 0 aromatic heterocycles. The maximum Gasteiger partial charge on any atom is 0.295 e. The van der Waals surface area contributed by atoms with Crippen molar-refractivity contribution in [1.82, 2.24) is 4.90 Å². The second-order valence-electron chi connectivity index (χ2n) is 6.62. The first-order valence-corrected chi connectivity index (χ1v) is 9.53. The van der Waals surface area contributed by atoms with Crippen LogP contribution in [0.2, 0.25) is 5.02 Å². The number of ether oxygens (including phenoxy) is 2. The number of benzene rings is 2. The Labute approximate surface area is 174 Å². The van der Waals surface area contributed by atoms with Gasteiger partial charge in [0, 0.05) is 30.8 Å². The summed E-state index contributed by atoms with van der Waals surface area (Å²) < 4.78 is 10.2. The molecular weight excluding hydrogens is 394 g/mol. The number of carbonyl (C=O) groups excluding carboxylic acids is 2. The van der Waals surface area contributed by atoms with E-state index in [4.69, 9.17) is 21.1 Å². The first-order chi connectivity index (χ1) is 14.0. The molecule has 2 aromatic carbocycles. The number of nitrogens with zero attached hydrogens (tertiary/aromatic N) is 1. The SMILES string of the molecule is COCCCN1C(=O)C(=O)C(=C(O)c2ccc(OC)cc2)[C@H]1c1ccc(Cl)cc1. The van der Waals surface area contributed by atoms with Crippen LogP contribution >= 0.6 is 11.6 Å². The van der Waals surface area contributed by atoms with Gasteiger partial charge in [0.05, 0.1) is 18.7 Å². The molecule has 0 spiro atoms. The molecule has 1 heterocycles. The zero-order chi connectivity index (χ0) is 21.0. The molecule has 152 valence electrons. The lowest BCUT2D eigenvalue weighted by Gasteiger charge is -2.25. The summed E-state index contributed by atoms with van der Waals surface area (Å²) in [7, 11) is 3.12. The van der Waals surface area contributed by atoms with Gasteiger partial charge in [-0.05, 0) is 48.4 Å². The number of aliphatic hydroxyl groups excluding tert-OH is 1. The van der Waals surface area contributed by atoms with Crippen LogP contribution < -0.4 is 4.74 Å². The Morgan fingerprint density at radius 1 is 1.07 bits per heavy atom. The van der Waals surface area contributed by atoms with Gasteiger partial charge in [-0.2, -0.15) is 0 Å². The lowest BCUT2D eigenvalue weighted by Crippen LogP contribution is -2.31. The predicted octanol–water partition coefficient (Wildman–Crippen LogP) is 3.81. The highest BCUT2D eigenvalue weighted by atomic mass is 35.5. The van der Waals surface area contributed by atoms with Gasteiger partial charge in [0.25, 0.3) is 11.7 Å². The topological polar surface area (TPSA) is 76.1 Å². The Morgan fingerprint density at radius 2 is 1.72 bits per heavy atom. The standard InChI is InChI=1S/C22H22ClNO5/c1-28-13-3-12-24-19(14-4-8-16(23)9-5-14)18(21(26)22(24)27)20(25)15-6-10-17(29-2)11-7-15/h4-11,19,25H,3,12-13H2,1-2H3/t19-/m1/s1. The van der Waals surface area contributed by atoms with E-state index in [-0.39, 0.29) is 11.3 Å². The molecule has 1 atom stereocenters. The number of methoxy groups -OCH3 is 2. The van der Waals surface area contributed by atoms with Crippen molar-refractivity contribution in [3.63, 3.8) is 0 Å². The third-order valence-electron chi connectivity index (χ3n) is 4.84. The largest absolute Gasteiger partial charge is 0.507 e. The van der Waals surface area contributed by atoms with Crippen LogP contribution in [-0.2, 0) is 14.3 Å². The van der Waals surface area contributed by atoms with Gasteiger partial charge in [-0.15, -0.1) is 0 Å². The van der Waals surface area contributed by atoms with Crippen molar-refractivity contribution in [2.24, 2.45) is 0 Å². The summed E-state index contributed by atoms with van der Waals surface area (Å²) in [5, 5.41) is 11.5. The van der Waals surface area contributed by atoms with Crippen LogP contribution in [-0.4, -0.2) is 49.1 Å². The van der Waals surface area contributed by atoms with Crippen LogP contribution in [0.15, 0.2) is 54.1 Å². The molecule has 0 aliphatic carbocycles. The molecule has 0 radical (unpaired) electrons. The molecule has 1 aliphatic rings. The predicted molar refractivity (Wildman–Crippen MR) is 110 cm³/mol. The molecular formula is C22H22ClNO5. The molecule has 3 rings (SSSR count). The molecule has 29 heavy (non-hydrogen) atoms. The molecule has 1 saturated heterocycles.